The normalized spacial score (nSPS) is 15.0. The second-order valence-corrected chi connectivity index (χ2v) is 13.6. The van der Waals surface area contributed by atoms with E-state index in [0.29, 0.717) is 24.7 Å². The van der Waals surface area contributed by atoms with Crippen molar-refractivity contribution in [2.24, 2.45) is 0 Å². The van der Waals surface area contributed by atoms with E-state index in [2.05, 4.69) is 20.9 Å². The predicted octanol–water partition coefficient (Wildman–Crippen LogP) is 1.38. The molecular weight excluding hydrogens is 618 g/mol. The topological polar surface area (TPSA) is 175 Å². The number of carbonyl (C=O) groups is 3. The molecule has 2 rings (SSSR count). The molecule has 3 amide bonds. The number of carbonyl (C=O) groups excluding carboxylic acids is 3. The van der Waals surface area contributed by atoms with Gasteiger partial charge >= 0.3 is 0 Å². The highest BCUT2D eigenvalue weighted by atomic mass is 32.2. The number of aliphatic hydroxyl groups is 2. The molecule has 1 heterocycles. The number of benzene rings is 1. The van der Waals surface area contributed by atoms with E-state index in [9.17, 15) is 41.8 Å². The number of rotatable bonds is 18. The van der Waals surface area contributed by atoms with Gasteiger partial charge in [-0.2, -0.15) is 11.8 Å². The molecule has 5 atom stereocenters. The Balaban J connectivity index is 2.45. The number of nitrogens with zero attached hydrogens (tertiary/aromatic N) is 1. The Morgan fingerprint density at radius 2 is 1.68 bits per heavy atom. The molecule has 5 N–H and O–H groups in total. The van der Waals surface area contributed by atoms with Gasteiger partial charge in [0.05, 0.1) is 29.2 Å². The summed E-state index contributed by atoms with van der Waals surface area (Å²) >= 11 is 1.43. The third kappa shape index (κ3) is 12.5. The molecule has 1 aromatic heterocycles. The van der Waals surface area contributed by atoms with E-state index in [1.807, 2.05) is 6.26 Å². The second kappa shape index (κ2) is 18.0. The number of sulfone groups is 1. The van der Waals surface area contributed by atoms with Crippen molar-refractivity contribution >= 4 is 39.3 Å². The maximum Gasteiger partial charge on any atom is 0.253 e. The Kier molecular flexibility index (Phi) is 15.1. The van der Waals surface area contributed by atoms with Gasteiger partial charge in [-0.1, -0.05) is 13.3 Å². The number of nitrogens with one attached hydrogen (secondary N) is 3. The van der Waals surface area contributed by atoms with Gasteiger partial charge in [-0.15, -0.1) is 0 Å². The minimum Gasteiger partial charge on any atom is -0.388 e. The fourth-order valence-corrected chi connectivity index (χ4v) is 6.58. The average Bonchev–Trinajstić information content (AvgIpc) is 2.96. The molecule has 0 aliphatic heterocycles. The molecule has 0 saturated heterocycles. The zero-order valence-corrected chi connectivity index (χ0v) is 26.5. The molecule has 0 radical (unpaired) electrons. The third-order valence-corrected chi connectivity index (χ3v) is 9.07. The number of amides is 3. The van der Waals surface area contributed by atoms with Crippen LogP contribution < -0.4 is 16.0 Å². The van der Waals surface area contributed by atoms with Crippen LogP contribution in [0.1, 0.15) is 49.0 Å². The zero-order valence-electron chi connectivity index (χ0n) is 24.8. The van der Waals surface area contributed by atoms with Crippen molar-refractivity contribution in [3.05, 3.63) is 65.5 Å². The first kappa shape index (κ1) is 37.0. The van der Waals surface area contributed by atoms with E-state index in [4.69, 9.17) is 0 Å². The Labute approximate surface area is 260 Å². The number of hydrogen-bond donors (Lipinski definition) is 5. The van der Waals surface area contributed by atoms with Crippen molar-refractivity contribution < 1.29 is 41.8 Å². The molecule has 0 aliphatic rings. The van der Waals surface area contributed by atoms with Gasteiger partial charge in [0.2, 0.25) is 11.8 Å². The standard InChI is InChI=1S/C29H40F2N4O7S2/c1-4-5-11-44(41,42)17-25(35-28(39)20-7-6-9-32-16-20)29(40)34-24(14-19-12-21(30)15-22(31)13-19)27(38)26(37)23(8-10-43-3)33-18(2)36/h6-7,9,12-13,15-16,23-27,37-38H,4-5,8,10-11,14,17H2,1-3H3,(H,33,36)(H,34,40)(H,35,39). The lowest BCUT2D eigenvalue weighted by Crippen LogP contribution is -2.60. The van der Waals surface area contributed by atoms with Crippen molar-refractivity contribution in [1.82, 2.24) is 20.9 Å². The van der Waals surface area contributed by atoms with Crippen LogP contribution in [0.2, 0.25) is 0 Å². The van der Waals surface area contributed by atoms with Crippen LogP contribution in [0.4, 0.5) is 8.78 Å². The van der Waals surface area contributed by atoms with Gasteiger partial charge in [-0.25, -0.2) is 17.2 Å². The molecule has 11 nitrogen and oxygen atoms in total. The first-order valence-electron chi connectivity index (χ1n) is 14.0. The van der Waals surface area contributed by atoms with Crippen molar-refractivity contribution in [3.63, 3.8) is 0 Å². The van der Waals surface area contributed by atoms with E-state index < -0.39 is 75.3 Å². The minimum absolute atomic E-state index is 0.0192. The maximum atomic E-state index is 14.0. The lowest BCUT2D eigenvalue weighted by molar-refractivity contribution is -0.126. The first-order chi connectivity index (χ1) is 20.8. The molecule has 244 valence electrons. The SMILES string of the molecule is CCCCS(=O)(=O)CC(NC(=O)c1cccnc1)C(=O)NC(Cc1cc(F)cc(F)c1)C(O)C(O)C(CCSC)NC(C)=O. The molecule has 5 unspecified atom stereocenters. The van der Waals surface area contributed by atoms with Crippen molar-refractivity contribution in [3.8, 4) is 0 Å². The van der Waals surface area contributed by atoms with Gasteiger partial charge in [-0.05, 0) is 61.1 Å². The van der Waals surface area contributed by atoms with Gasteiger partial charge < -0.3 is 26.2 Å². The Morgan fingerprint density at radius 1 is 1.02 bits per heavy atom. The summed E-state index contributed by atoms with van der Waals surface area (Å²) in [5.41, 5.74) is 0.0798. The molecule has 0 spiro atoms. The number of pyridine rings is 1. The Morgan fingerprint density at radius 3 is 2.25 bits per heavy atom. The highest BCUT2D eigenvalue weighted by Crippen LogP contribution is 2.17. The molecule has 44 heavy (non-hydrogen) atoms. The lowest BCUT2D eigenvalue weighted by Gasteiger charge is -2.33. The molecule has 0 aliphatic carbocycles. The lowest BCUT2D eigenvalue weighted by atomic mass is 9.92. The molecule has 1 aromatic carbocycles. The van der Waals surface area contributed by atoms with Crippen LogP contribution in [0, 0.1) is 11.6 Å². The van der Waals surface area contributed by atoms with Crippen LogP contribution in [0.3, 0.4) is 0 Å². The van der Waals surface area contributed by atoms with E-state index in [1.165, 1.54) is 43.2 Å². The summed E-state index contributed by atoms with van der Waals surface area (Å²) in [5, 5.41) is 29.8. The minimum atomic E-state index is -3.85. The van der Waals surface area contributed by atoms with Crippen LogP contribution in [-0.2, 0) is 25.8 Å². The van der Waals surface area contributed by atoms with Gasteiger partial charge in [0.15, 0.2) is 9.84 Å². The number of thioether (sulfide) groups is 1. The van der Waals surface area contributed by atoms with Crippen molar-refractivity contribution in [2.45, 2.75) is 69.9 Å². The predicted molar refractivity (Wildman–Crippen MR) is 164 cm³/mol. The highest BCUT2D eigenvalue weighted by Gasteiger charge is 2.36. The van der Waals surface area contributed by atoms with Crippen molar-refractivity contribution in [2.75, 3.05) is 23.5 Å². The number of halogens is 2. The van der Waals surface area contributed by atoms with Gasteiger partial charge in [0.1, 0.15) is 29.9 Å². The van der Waals surface area contributed by atoms with Gasteiger partial charge in [0.25, 0.3) is 5.91 Å². The number of unbranched alkanes of at least 4 members (excludes halogenated alkanes) is 1. The summed E-state index contributed by atoms with van der Waals surface area (Å²) in [6, 6.07) is 1.49. The number of aliphatic hydroxyl groups excluding tert-OH is 2. The Hall–Kier alpha value is -3.14. The fraction of sp³-hybridized carbons (Fsp3) is 0.517. The van der Waals surface area contributed by atoms with Crippen LogP contribution in [0.5, 0.6) is 0 Å². The molecule has 0 saturated carbocycles. The third-order valence-electron chi connectivity index (χ3n) is 6.68. The van der Waals surface area contributed by atoms with Crippen LogP contribution in [-0.4, -0.2) is 95.2 Å². The summed E-state index contributed by atoms with van der Waals surface area (Å²) in [6.45, 7) is 3.03. The average molecular weight is 659 g/mol. The van der Waals surface area contributed by atoms with E-state index in [1.54, 1.807) is 6.92 Å². The van der Waals surface area contributed by atoms with Crippen LogP contribution >= 0.6 is 11.8 Å². The second-order valence-electron chi connectivity index (χ2n) is 10.4. The summed E-state index contributed by atoms with van der Waals surface area (Å²) in [7, 11) is -3.85. The number of hydrogen-bond acceptors (Lipinski definition) is 9. The molecule has 0 bridgehead atoms. The van der Waals surface area contributed by atoms with Crippen LogP contribution in [0.25, 0.3) is 0 Å². The first-order valence-corrected chi connectivity index (χ1v) is 17.3. The van der Waals surface area contributed by atoms with Crippen LogP contribution in [0.15, 0.2) is 42.7 Å². The van der Waals surface area contributed by atoms with E-state index in [-0.39, 0.29) is 29.7 Å². The summed E-state index contributed by atoms with van der Waals surface area (Å²) in [6.07, 6.45) is 1.77. The summed E-state index contributed by atoms with van der Waals surface area (Å²) < 4.78 is 53.7. The van der Waals surface area contributed by atoms with Gasteiger partial charge in [-0.3, -0.25) is 19.4 Å². The fourth-order valence-electron chi connectivity index (χ4n) is 4.46. The number of aromatic nitrogens is 1. The van der Waals surface area contributed by atoms with E-state index >= 15 is 0 Å². The highest BCUT2D eigenvalue weighted by molar-refractivity contribution is 7.98. The molecule has 2 aromatic rings. The molecule has 15 heteroatoms. The zero-order chi connectivity index (χ0) is 32.9. The maximum absolute atomic E-state index is 14.0. The smallest absolute Gasteiger partial charge is 0.253 e. The Bertz CT molecular complexity index is 1330. The monoisotopic (exact) mass is 658 g/mol. The van der Waals surface area contributed by atoms with Gasteiger partial charge in [0, 0.05) is 25.4 Å². The summed E-state index contributed by atoms with van der Waals surface area (Å²) in [5.74, 6) is -4.62. The largest absolute Gasteiger partial charge is 0.388 e. The summed E-state index contributed by atoms with van der Waals surface area (Å²) in [4.78, 5) is 42.2. The quantitative estimate of drug-likeness (QED) is 0.159. The van der Waals surface area contributed by atoms with Crippen molar-refractivity contribution in [1.29, 1.82) is 0 Å². The molecule has 0 fully saturated rings. The molecular formula is C29H40F2N4O7S2. The van der Waals surface area contributed by atoms with E-state index in [0.717, 1.165) is 12.1 Å².